The molecule has 303 valence electrons. The average Bonchev–Trinajstić information content (AvgIpc) is 3.68. The van der Waals surface area contributed by atoms with Gasteiger partial charge in [-0.25, -0.2) is 0 Å². The second-order valence-electron chi connectivity index (χ2n) is 16.9. The fourth-order valence-electron chi connectivity index (χ4n) is 8.22. The molecule has 4 nitrogen and oxygen atoms in total. The number of carbonyl (C=O) groups excluding carboxylic acids is 1. The van der Waals surface area contributed by atoms with Crippen molar-refractivity contribution in [3.63, 3.8) is 0 Å². The predicted octanol–water partition coefficient (Wildman–Crippen LogP) is 14.1. The van der Waals surface area contributed by atoms with E-state index in [0.717, 1.165) is 80.4 Å². The van der Waals surface area contributed by atoms with Crippen molar-refractivity contribution in [3.05, 3.63) is 108 Å². The van der Waals surface area contributed by atoms with Crippen LogP contribution in [-0.2, 0) is 36.7 Å². The molecule has 0 aliphatic rings. The molecule has 0 aliphatic heterocycles. The molecule has 7 rings (SSSR count). The van der Waals surface area contributed by atoms with Crippen molar-refractivity contribution in [2.75, 3.05) is 0 Å². The van der Waals surface area contributed by atoms with Gasteiger partial charge in [0, 0.05) is 77.0 Å². The summed E-state index contributed by atoms with van der Waals surface area (Å²) >= 11 is 0. The van der Waals surface area contributed by atoms with E-state index in [4.69, 9.17) is 4.98 Å². The van der Waals surface area contributed by atoms with E-state index in [1.807, 2.05) is 76.4 Å². The van der Waals surface area contributed by atoms with Crippen molar-refractivity contribution >= 4 is 54.7 Å². The SMILES string of the molecule is CC(C)(C)c1cc(-c2nccc3c4cccc5c6c(CC(C)(C)C(F)(F)F)cccc6n(c23)c45)[c-]c2ccccc12.CCC(CC)C(=O)/C=C(\O)C(CC)CC.[Ir]. The number of halogens is 3. The van der Waals surface area contributed by atoms with Gasteiger partial charge < -0.3 is 9.51 Å². The molecule has 1 radical (unpaired) electrons. The van der Waals surface area contributed by atoms with Crippen molar-refractivity contribution in [3.8, 4) is 11.3 Å². The van der Waals surface area contributed by atoms with Crippen LogP contribution < -0.4 is 0 Å². The number of alkyl halides is 3. The molecule has 0 amide bonds. The van der Waals surface area contributed by atoms with Gasteiger partial charge in [-0.05, 0) is 55.2 Å². The first-order valence-corrected chi connectivity index (χ1v) is 20.0. The Morgan fingerprint density at radius 3 is 2.02 bits per heavy atom. The number of nitrogens with zero attached hydrogens (tertiary/aromatic N) is 2. The minimum Gasteiger partial charge on any atom is -0.512 e. The Balaban J connectivity index is 0.000000333. The minimum absolute atomic E-state index is 0. The first-order chi connectivity index (χ1) is 26.5. The zero-order chi connectivity index (χ0) is 40.7. The summed E-state index contributed by atoms with van der Waals surface area (Å²) in [6, 6.07) is 28.0. The molecule has 0 spiro atoms. The van der Waals surface area contributed by atoms with Crippen molar-refractivity contribution in [2.45, 2.75) is 106 Å². The topological polar surface area (TPSA) is 54.6 Å². The van der Waals surface area contributed by atoms with Crippen LogP contribution in [0.15, 0.2) is 90.8 Å². The number of carbonyl (C=O) groups is 1. The molecule has 4 aromatic carbocycles. The van der Waals surface area contributed by atoms with E-state index in [9.17, 15) is 23.1 Å². The van der Waals surface area contributed by atoms with E-state index in [0.29, 0.717) is 5.56 Å². The van der Waals surface area contributed by atoms with Crippen molar-refractivity contribution < 1.29 is 43.2 Å². The largest absolute Gasteiger partial charge is 0.512 e. The van der Waals surface area contributed by atoms with E-state index < -0.39 is 11.6 Å². The second kappa shape index (κ2) is 16.9. The van der Waals surface area contributed by atoms with Gasteiger partial charge in [-0.15, -0.1) is 29.1 Å². The maximum absolute atomic E-state index is 14.0. The Hall–Kier alpha value is -4.26. The Bertz CT molecular complexity index is 2550. The summed E-state index contributed by atoms with van der Waals surface area (Å²) in [5.41, 5.74) is 4.55. The van der Waals surface area contributed by atoms with Crippen LogP contribution in [0.25, 0.3) is 60.1 Å². The normalized spacial score (nSPS) is 13.0. The van der Waals surface area contributed by atoms with Gasteiger partial charge in [-0.1, -0.05) is 122 Å². The third kappa shape index (κ3) is 8.23. The summed E-state index contributed by atoms with van der Waals surface area (Å²) in [6.07, 6.45) is 2.34. The van der Waals surface area contributed by atoms with Gasteiger partial charge >= 0.3 is 6.18 Å². The van der Waals surface area contributed by atoms with Crippen LogP contribution in [0, 0.1) is 23.3 Å². The third-order valence-corrected chi connectivity index (χ3v) is 11.7. The number of benzene rings is 4. The Morgan fingerprint density at radius 1 is 0.789 bits per heavy atom. The maximum Gasteiger partial charge on any atom is 0.394 e. The van der Waals surface area contributed by atoms with Crippen molar-refractivity contribution in [1.82, 2.24) is 9.38 Å². The second-order valence-corrected chi connectivity index (χ2v) is 16.9. The first kappa shape index (κ1) is 43.9. The number of rotatable bonds is 10. The number of aromatic nitrogens is 2. The summed E-state index contributed by atoms with van der Waals surface area (Å²) in [5, 5.41) is 15.9. The zero-order valence-corrected chi connectivity index (χ0v) is 36.9. The van der Waals surface area contributed by atoms with Gasteiger partial charge in [-0.2, -0.15) is 13.2 Å². The molecule has 3 aromatic heterocycles. The van der Waals surface area contributed by atoms with Gasteiger partial charge in [0.25, 0.3) is 0 Å². The molecule has 57 heavy (non-hydrogen) atoms. The minimum atomic E-state index is -4.31. The molecule has 0 fully saturated rings. The molecule has 7 aromatic rings. The quantitative estimate of drug-likeness (QED) is 0.0844. The van der Waals surface area contributed by atoms with Crippen LogP contribution in [0.5, 0.6) is 0 Å². The number of hydrogen-bond donors (Lipinski definition) is 1. The summed E-state index contributed by atoms with van der Waals surface area (Å²) in [5.74, 6) is 0.547. The van der Waals surface area contributed by atoms with E-state index in [1.165, 1.54) is 30.9 Å². The Labute approximate surface area is 348 Å². The van der Waals surface area contributed by atoms with Gasteiger partial charge in [0.2, 0.25) is 0 Å². The number of allylic oxidation sites excluding steroid dienone is 2. The smallest absolute Gasteiger partial charge is 0.394 e. The predicted molar refractivity (Wildman–Crippen MR) is 227 cm³/mol. The summed E-state index contributed by atoms with van der Waals surface area (Å²) in [6.45, 7) is 17.3. The molecule has 1 N–H and O–H groups in total. The van der Waals surface area contributed by atoms with Gasteiger partial charge in [0.1, 0.15) is 0 Å². The molecule has 8 heteroatoms. The molecule has 0 saturated heterocycles. The number of fused-ring (bicyclic) bond motifs is 7. The van der Waals surface area contributed by atoms with Crippen molar-refractivity contribution in [2.24, 2.45) is 17.3 Å². The van der Waals surface area contributed by atoms with E-state index in [1.54, 1.807) is 0 Å². The number of ketones is 1. The first-order valence-electron chi connectivity index (χ1n) is 20.0. The van der Waals surface area contributed by atoms with Crippen LogP contribution in [0.3, 0.4) is 0 Å². The fraction of sp³-hybridized carbons (Fsp3) is 0.388. The number of para-hydroxylation sites is 1. The molecular weight excluding hydrogens is 898 g/mol. The molecule has 0 saturated carbocycles. The standard InChI is InChI=1S/C36H30F3N2.C13H24O2.Ir/c1-34(2,3)28-19-23(18-21-10-6-7-12-24(21)28)31-33-26(16-17-40-31)25-13-9-14-27-30-22(20-35(4,5)36(37,38)39)11-8-15-29(30)41(33)32(25)27;1-5-10(6-2)12(14)9-13(15)11(7-3)8-4;/h6-17,19H,20H2,1-5H3;9-11,14H,5-8H2,1-4H3;/q-1;;/b;12-9-;. The molecule has 3 heterocycles. The molecule has 0 unspecified atom stereocenters. The molecule has 0 bridgehead atoms. The average molecular weight is 952 g/mol. The molecule has 0 aliphatic carbocycles. The van der Waals surface area contributed by atoms with Crippen LogP contribution in [0.1, 0.15) is 99.1 Å². The number of hydrogen-bond acceptors (Lipinski definition) is 3. The fourth-order valence-corrected chi connectivity index (χ4v) is 8.22. The number of aliphatic hydroxyl groups is 1. The summed E-state index contributed by atoms with van der Waals surface area (Å²) in [7, 11) is 0. The molecule has 0 atom stereocenters. The number of pyridine rings is 1. The van der Waals surface area contributed by atoms with E-state index in [-0.39, 0.29) is 55.3 Å². The monoisotopic (exact) mass is 952 g/mol. The van der Waals surface area contributed by atoms with Gasteiger partial charge in [-0.3, -0.25) is 9.78 Å². The number of aliphatic hydroxyl groups excluding tert-OH is 1. The van der Waals surface area contributed by atoms with Gasteiger partial charge in [0.05, 0.1) is 22.2 Å². The third-order valence-electron chi connectivity index (χ3n) is 11.7. The zero-order valence-electron chi connectivity index (χ0n) is 34.5. The van der Waals surface area contributed by atoms with Crippen LogP contribution >= 0.6 is 0 Å². The van der Waals surface area contributed by atoms with Crippen LogP contribution in [0.4, 0.5) is 13.2 Å². The summed E-state index contributed by atoms with van der Waals surface area (Å²) in [4.78, 5) is 16.6. The Morgan fingerprint density at radius 2 is 1.39 bits per heavy atom. The van der Waals surface area contributed by atoms with Gasteiger partial charge in [0.15, 0.2) is 5.78 Å². The molecular formula is C49H54F3IrN2O2-. The van der Waals surface area contributed by atoms with E-state index >= 15 is 0 Å². The van der Waals surface area contributed by atoms with Crippen molar-refractivity contribution in [1.29, 1.82) is 0 Å². The van der Waals surface area contributed by atoms with E-state index in [2.05, 4.69) is 61.6 Å². The van der Waals surface area contributed by atoms with Crippen LogP contribution in [0.2, 0.25) is 0 Å². The Kier molecular flexibility index (Phi) is 13.0. The maximum atomic E-state index is 14.0. The van der Waals surface area contributed by atoms with Crippen LogP contribution in [-0.4, -0.2) is 26.5 Å². The summed E-state index contributed by atoms with van der Waals surface area (Å²) < 4.78 is 44.1.